The first-order valence-corrected chi connectivity index (χ1v) is 19.6. The number of rotatable bonds is 9. The minimum absolute atomic E-state index is 0.846. The van der Waals surface area contributed by atoms with Crippen molar-refractivity contribution in [3.8, 4) is 33.6 Å². The van der Waals surface area contributed by atoms with Crippen LogP contribution in [0.15, 0.2) is 231 Å². The zero-order valence-corrected chi connectivity index (χ0v) is 31.7. The number of para-hydroxylation sites is 4. The highest BCUT2D eigenvalue weighted by Gasteiger charge is 2.19. The van der Waals surface area contributed by atoms with E-state index in [0.717, 1.165) is 78.8 Å². The van der Waals surface area contributed by atoms with Gasteiger partial charge in [-0.3, -0.25) is 0 Å². The molecule has 0 aliphatic carbocycles. The van der Waals surface area contributed by atoms with E-state index in [1.165, 1.54) is 10.8 Å². The van der Waals surface area contributed by atoms with E-state index in [1.807, 2.05) is 6.07 Å². The van der Waals surface area contributed by atoms with E-state index in [2.05, 4.69) is 234 Å². The fourth-order valence-corrected chi connectivity index (χ4v) is 7.81. The molecule has 0 aliphatic rings. The summed E-state index contributed by atoms with van der Waals surface area (Å²) in [6.45, 7) is 0. The van der Waals surface area contributed by atoms with Gasteiger partial charge in [0.25, 0.3) is 0 Å². The van der Waals surface area contributed by atoms with E-state index < -0.39 is 0 Å². The number of hydrogen-bond donors (Lipinski definition) is 0. The third-order valence-electron chi connectivity index (χ3n) is 10.6. The van der Waals surface area contributed by atoms with Crippen LogP contribution < -0.4 is 9.80 Å². The summed E-state index contributed by atoms with van der Waals surface area (Å²) >= 11 is 0. The normalized spacial score (nSPS) is 11.1. The van der Waals surface area contributed by atoms with Gasteiger partial charge in [0.15, 0.2) is 0 Å². The Morgan fingerprint density at radius 1 is 0.276 bits per heavy atom. The monoisotopic (exact) mass is 742 g/mol. The van der Waals surface area contributed by atoms with Crippen molar-refractivity contribution in [2.24, 2.45) is 0 Å². The minimum Gasteiger partial charge on any atom is -0.311 e. The van der Waals surface area contributed by atoms with Gasteiger partial charge in [-0.05, 0) is 101 Å². The molecule has 0 bridgehead atoms. The zero-order chi connectivity index (χ0) is 38.7. The van der Waals surface area contributed by atoms with Crippen LogP contribution in [0.1, 0.15) is 0 Å². The van der Waals surface area contributed by atoms with Gasteiger partial charge < -0.3 is 9.80 Å². The molecule has 0 fully saturated rings. The highest BCUT2D eigenvalue weighted by molar-refractivity contribution is 5.98. The molecule has 58 heavy (non-hydrogen) atoms. The van der Waals surface area contributed by atoms with Crippen LogP contribution in [0.2, 0.25) is 0 Å². The summed E-state index contributed by atoms with van der Waals surface area (Å²) in [6.07, 6.45) is 0. The summed E-state index contributed by atoms with van der Waals surface area (Å²) in [4.78, 5) is 15.4. The predicted octanol–water partition coefficient (Wildman–Crippen LogP) is 14.7. The van der Waals surface area contributed by atoms with Gasteiger partial charge in [-0.1, -0.05) is 146 Å². The quantitative estimate of drug-likeness (QED) is 0.147. The molecule has 4 nitrogen and oxygen atoms in total. The average Bonchev–Trinajstić information content (AvgIpc) is 3.30. The lowest BCUT2D eigenvalue weighted by molar-refractivity contribution is 1.25. The van der Waals surface area contributed by atoms with Crippen molar-refractivity contribution in [2.75, 3.05) is 9.80 Å². The molecule has 1 aromatic heterocycles. The Labute approximate surface area is 338 Å². The van der Waals surface area contributed by atoms with Crippen molar-refractivity contribution >= 4 is 55.9 Å². The maximum Gasteiger partial charge on any atom is 0.0973 e. The van der Waals surface area contributed by atoms with E-state index in [4.69, 9.17) is 9.97 Å². The summed E-state index contributed by atoms with van der Waals surface area (Å²) in [5, 5.41) is 2.42. The number of nitrogens with zero attached hydrogens (tertiary/aromatic N) is 4. The topological polar surface area (TPSA) is 32.3 Å². The maximum atomic E-state index is 5.42. The molecule has 0 aliphatic heterocycles. The van der Waals surface area contributed by atoms with Crippen LogP contribution in [-0.2, 0) is 0 Å². The van der Waals surface area contributed by atoms with Gasteiger partial charge in [-0.25, -0.2) is 9.97 Å². The van der Waals surface area contributed by atoms with E-state index in [9.17, 15) is 0 Å². The molecule has 0 unspecified atom stereocenters. The van der Waals surface area contributed by atoms with Crippen LogP contribution in [0.3, 0.4) is 0 Å². The van der Waals surface area contributed by atoms with Gasteiger partial charge in [0, 0.05) is 50.8 Å². The number of benzene rings is 9. The lowest BCUT2D eigenvalue weighted by atomic mass is 9.98. The highest BCUT2D eigenvalue weighted by Crippen LogP contribution is 2.41. The largest absolute Gasteiger partial charge is 0.311 e. The van der Waals surface area contributed by atoms with Gasteiger partial charge in [0.1, 0.15) is 0 Å². The fourth-order valence-electron chi connectivity index (χ4n) is 7.81. The smallest absolute Gasteiger partial charge is 0.0973 e. The van der Waals surface area contributed by atoms with Crippen molar-refractivity contribution in [2.45, 2.75) is 0 Å². The molecule has 0 saturated heterocycles. The van der Waals surface area contributed by atoms with Crippen molar-refractivity contribution in [1.82, 2.24) is 9.97 Å². The third kappa shape index (κ3) is 6.74. The summed E-state index contributed by atoms with van der Waals surface area (Å²) in [5.74, 6) is 0. The first-order chi connectivity index (χ1) is 28.8. The Balaban J connectivity index is 1.05. The number of hydrogen-bond acceptors (Lipinski definition) is 4. The molecule has 0 N–H and O–H groups in total. The molecule has 0 radical (unpaired) electrons. The molecule has 9 aromatic carbocycles. The first kappa shape index (κ1) is 34.7. The molecule has 1 heterocycles. The molecule has 0 amide bonds. The highest BCUT2D eigenvalue weighted by atomic mass is 15.2. The molecule has 10 aromatic rings. The molecule has 4 heteroatoms. The zero-order valence-electron chi connectivity index (χ0n) is 31.7. The van der Waals surface area contributed by atoms with Crippen LogP contribution in [0, 0.1) is 0 Å². The molecule has 0 saturated carbocycles. The van der Waals surface area contributed by atoms with Crippen LogP contribution in [0.4, 0.5) is 34.1 Å². The number of aromatic nitrogens is 2. The lowest BCUT2D eigenvalue weighted by Crippen LogP contribution is -2.12. The SMILES string of the molecule is c1ccc(-c2nc3c(-c4ccc5ccccc5c4)cccc3nc2-c2ccc(N(c3ccccc3)c3ccc(N(c4ccccc4)c4ccccc4)cc3)cc2)cc1. The second-order valence-corrected chi connectivity index (χ2v) is 14.3. The average molecular weight is 743 g/mol. The van der Waals surface area contributed by atoms with Crippen molar-refractivity contribution in [3.63, 3.8) is 0 Å². The van der Waals surface area contributed by atoms with E-state index in [0.29, 0.717) is 0 Å². The van der Waals surface area contributed by atoms with E-state index >= 15 is 0 Å². The first-order valence-electron chi connectivity index (χ1n) is 19.6. The second-order valence-electron chi connectivity index (χ2n) is 14.3. The maximum absolute atomic E-state index is 5.42. The van der Waals surface area contributed by atoms with Gasteiger partial charge in [-0.2, -0.15) is 0 Å². The number of fused-ring (bicyclic) bond motifs is 2. The fraction of sp³-hybridized carbons (Fsp3) is 0. The molecule has 0 spiro atoms. The van der Waals surface area contributed by atoms with Crippen LogP contribution in [-0.4, -0.2) is 9.97 Å². The molecular formula is C54H38N4. The van der Waals surface area contributed by atoms with Crippen molar-refractivity contribution in [1.29, 1.82) is 0 Å². The molecular weight excluding hydrogens is 705 g/mol. The van der Waals surface area contributed by atoms with E-state index in [1.54, 1.807) is 0 Å². The Hall–Kier alpha value is -7.82. The molecule has 10 rings (SSSR count). The minimum atomic E-state index is 0.846. The van der Waals surface area contributed by atoms with Crippen molar-refractivity contribution in [3.05, 3.63) is 231 Å². The summed E-state index contributed by atoms with van der Waals surface area (Å²) in [5.41, 5.74) is 14.1. The van der Waals surface area contributed by atoms with Crippen LogP contribution >= 0.6 is 0 Å². The summed E-state index contributed by atoms with van der Waals surface area (Å²) in [6, 6.07) is 80.8. The van der Waals surface area contributed by atoms with Crippen LogP contribution in [0.25, 0.3) is 55.4 Å². The van der Waals surface area contributed by atoms with Gasteiger partial charge in [0.2, 0.25) is 0 Å². The molecule has 0 atom stereocenters. The standard InChI is InChI=1S/C54H38N4/c1-5-17-40(18-6-1)53-52(55-51-27-15-26-50(54(51)56-53)43-29-28-39-16-13-14-19-42(39)38-43)41-30-32-47(33-31-41)58(46-24-11-4-12-25-46)49-36-34-48(35-37-49)57(44-20-7-2-8-21-44)45-22-9-3-10-23-45/h1-38H. The summed E-state index contributed by atoms with van der Waals surface area (Å²) < 4.78 is 0. The Morgan fingerprint density at radius 3 is 1.24 bits per heavy atom. The Kier molecular flexibility index (Phi) is 9.18. The predicted molar refractivity (Wildman–Crippen MR) is 243 cm³/mol. The Bertz CT molecular complexity index is 2930. The lowest BCUT2D eigenvalue weighted by Gasteiger charge is -2.28. The third-order valence-corrected chi connectivity index (χ3v) is 10.6. The van der Waals surface area contributed by atoms with Gasteiger partial charge in [-0.15, -0.1) is 0 Å². The molecule has 274 valence electrons. The second kappa shape index (κ2) is 15.4. The Morgan fingerprint density at radius 2 is 0.690 bits per heavy atom. The van der Waals surface area contributed by atoms with Crippen LogP contribution in [0.5, 0.6) is 0 Å². The number of anilines is 6. The van der Waals surface area contributed by atoms with E-state index in [-0.39, 0.29) is 0 Å². The van der Waals surface area contributed by atoms with Crippen molar-refractivity contribution < 1.29 is 0 Å². The summed E-state index contributed by atoms with van der Waals surface area (Å²) in [7, 11) is 0. The van der Waals surface area contributed by atoms with Gasteiger partial charge >= 0.3 is 0 Å². The van der Waals surface area contributed by atoms with Gasteiger partial charge in [0.05, 0.1) is 22.4 Å².